The van der Waals surface area contributed by atoms with Gasteiger partial charge < -0.3 is 0 Å². The van der Waals surface area contributed by atoms with E-state index in [2.05, 4.69) is 97.7 Å². The Labute approximate surface area is 178 Å². The molecule has 0 aliphatic heterocycles. The van der Waals surface area contributed by atoms with Gasteiger partial charge in [-0.2, -0.15) is 5.26 Å². The largest absolute Gasteiger partial charge is 0.245 e. The van der Waals surface area contributed by atoms with Crippen LogP contribution in [0.3, 0.4) is 0 Å². The van der Waals surface area contributed by atoms with Gasteiger partial charge in [0.15, 0.2) is 0 Å². The molecule has 0 saturated carbocycles. The van der Waals surface area contributed by atoms with Crippen molar-refractivity contribution in [1.82, 2.24) is 4.98 Å². The van der Waals surface area contributed by atoms with E-state index in [1.165, 1.54) is 22.3 Å². The van der Waals surface area contributed by atoms with E-state index in [0.717, 1.165) is 5.56 Å². The Morgan fingerprint density at radius 3 is 1.77 bits per heavy atom. The minimum absolute atomic E-state index is 0.361. The maximum Gasteiger partial charge on any atom is 0.140 e. The van der Waals surface area contributed by atoms with Crippen molar-refractivity contribution in [2.45, 2.75) is 25.2 Å². The first-order chi connectivity index (χ1) is 14.7. The third-order valence-electron chi connectivity index (χ3n) is 5.71. The summed E-state index contributed by atoms with van der Waals surface area (Å²) >= 11 is 0. The summed E-state index contributed by atoms with van der Waals surface area (Å²) in [6, 6.07) is 35.8. The van der Waals surface area contributed by atoms with Crippen LogP contribution in [0, 0.1) is 11.3 Å². The van der Waals surface area contributed by atoms with E-state index >= 15 is 0 Å². The minimum Gasteiger partial charge on any atom is -0.245 e. The van der Waals surface area contributed by atoms with Gasteiger partial charge >= 0.3 is 0 Å². The van der Waals surface area contributed by atoms with Crippen LogP contribution in [0.4, 0.5) is 0 Å². The third-order valence-corrected chi connectivity index (χ3v) is 5.71. The van der Waals surface area contributed by atoms with E-state index in [4.69, 9.17) is 0 Å². The van der Waals surface area contributed by atoms with Gasteiger partial charge in [0.25, 0.3) is 0 Å². The molecule has 0 aliphatic carbocycles. The van der Waals surface area contributed by atoms with E-state index in [0.29, 0.717) is 11.6 Å². The number of rotatable bonds is 5. The van der Waals surface area contributed by atoms with Crippen LogP contribution >= 0.6 is 0 Å². The Morgan fingerprint density at radius 1 is 0.700 bits per heavy atom. The van der Waals surface area contributed by atoms with Crippen molar-refractivity contribution < 1.29 is 0 Å². The molecule has 0 spiro atoms. The predicted octanol–water partition coefficient (Wildman–Crippen LogP) is 6.46. The lowest BCUT2D eigenvalue weighted by Gasteiger charge is -2.38. The Hall–Kier alpha value is -3.70. The van der Waals surface area contributed by atoms with Crippen LogP contribution in [0.1, 0.15) is 53.3 Å². The number of benzene rings is 3. The molecule has 0 radical (unpaired) electrons. The number of pyridine rings is 1. The van der Waals surface area contributed by atoms with Gasteiger partial charge in [0.05, 0.1) is 5.41 Å². The highest BCUT2D eigenvalue weighted by molar-refractivity contribution is 5.61. The molecule has 0 atom stereocenters. The van der Waals surface area contributed by atoms with Crippen molar-refractivity contribution in [2.75, 3.05) is 0 Å². The fourth-order valence-electron chi connectivity index (χ4n) is 4.37. The van der Waals surface area contributed by atoms with Crippen LogP contribution in [0.5, 0.6) is 0 Å². The zero-order valence-corrected chi connectivity index (χ0v) is 17.3. The van der Waals surface area contributed by atoms with E-state index < -0.39 is 5.41 Å². The molecular formula is C28H24N2. The molecule has 0 bridgehead atoms. The molecule has 4 rings (SSSR count). The highest BCUT2D eigenvalue weighted by atomic mass is 14.7. The maximum atomic E-state index is 9.29. The van der Waals surface area contributed by atoms with Gasteiger partial charge in [-0.05, 0) is 39.8 Å². The topological polar surface area (TPSA) is 36.7 Å². The molecule has 4 aromatic rings. The summed E-state index contributed by atoms with van der Waals surface area (Å²) in [6.45, 7) is 4.47. The van der Waals surface area contributed by atoms with Gasteiger partial charge in [-0.15, -0.1) is 0 Å². The first-order valence-corrected chi connectivity index (χ1v) is 10.2. The molecule has 1 aromatic heterocycles. The highest BCUT2D eigenvalue weighted by Crippen LogP contribution is 2.47. The Morgan fingerprint density at radius 2 is 1.27 bits per heavy atom. The lowest BCUT2D eigenvalue weighted by Crippen LogP contribution is -2.32. The standard InChI is InChI=1S/C28H24N2/c1-21(2)26-15-9-10-16-27(26)28(22-11-5-3-6-12-22,23-13-7-4-8-14-23)24-17-18-25(19-29)30-20-24/h3-18,20-21H,1-2H3. The van der Waals surface area contributed by atoms with Gasteiger partial charge in [-0.25, -0.2) is 4.98 Å². The van der Waals surface area contributed by atoms with Crippen molar-refractivity contribution in [3.8, 4) is 6.07 Å². The molecule has 3 aromatic carbocycles. The summed E-state index contributed by atoms with van der Waals surface area (Å²) in [5, 5.41) is 9.29. The van der Waals surface area contributed by atoms with E-state index in [1.54, 1.807) is 0 Å². The normalized spacial score (nSPS) is 11.3. The van der Waals surface area contributed by atoms with Crippen LogP contribution in [-0.4, -0.2) is 4.98 Å². The molecule has 0 saturated heterocycles. The molecule has 1 heterocycles. The van der Waals surface area contributed by atoms with Crippen LogP contribution in [0.15, 0.2) is 103 Å². The molecule has 2 nitrogen and oxygen atoms in total. The Kier molecular flexibility index (Phi) is 5.46. The van der Waals surface area contributed by atoms with Crippen LogP contribution in [-0.2, 0) is 5.41 Å². The molecular weight excluding hydrogens is 364 g/mol. The first-order valence-electron chi connectivity index (χ1n) is 10.2. The molecule has 146 valence electrons. The summed E-state index contributed by atoms with van der Waals surface area (Å²) in [5.74, 6) is 0.361. The van der Waals surface area contributed by atoms with Crippen LogP contribution in [0.25, 0.3) is 0 Å². The summed E-state index contributed by atoms with van der Waals surface area (Å²) < 4.78 is 0. The first kappa shape index (κ1) is 19.6. The maximum absolute atomic E-state index is 9.29. The van der Waals surface area contributed by atoms with Gasteiger partial charge in [0.1, 0.15) is 11.8 Å². The van der Waals surface area contributed by atoms with Gasteiger partial charge in [-0.3, -0.25) is 0 Å². The summed E-state index contributed by atoms with van der Waals surface area (Å²) in [6.07, 6.45) is 1.86. The quantitative estimate of drug-likeness (QED) is 0.368. The number of hydrogen-bond donors (Lipinski definition) is 0. The zero-order valence-electron chi connectivity index (χ0n) is 17.3. The molecule has 0 N–H and O–H groups in total. The molecule has 0 fully saturated rings. The van der Waals surface area contributed by atoms with Crippen molar-refractivity contribution >= 4 is 0 Å². The lowest BCUT2D eigenvalue weighted by molar-refractivity contribution is 0.709. The molecule has 0 aliphatic rings. The van der Waals surface area contributed by atoms with E-state index in [1.807, 2.05) is 30.5 Å². The van der Waals surface area contributed by atoms with Crippen molar-refractivity contribution in [2.24, 2.45) is 0 Å². The number of hydrogen-bond acceptors (Lipinski definition) is 2. The third kappa shape index (κ3) is 3.29. The van der Waals surface area contributed by atoms with Crippen molar-refractivity contribution in [3.63, 3.8) is 0 Å². The summed E-state index contributed by atoms with van der Waals surface area (Å²) in [7, 11) is 0. The van der Waals surface area contributed by atoms with Gasteiger partial charge in [0.2, 0.25) is 0 Å². The fraction of sp³-hybridized carbons (Fsp3) is 0.143. The van der Waals surface area contributed by atoms with Gasteiger partial charge in [0, 0.05) is 6.20 Å². The Balaban J connectivity index is 2.17. The zero-order chi connectivity index (χ0) is 21.0. The lowest BCUT2D eigenvalue weighted by atomic mass is 9.63. The molecule has 0 unspecified atom stereocenters. The smallest absolute Gasteiger partial charge is 0.140 e. The average molecular weight is 389 g/mol. The molecule has 2 heteroatoms. The Bertz CT molecular complexity index is 1120. The average Bonchev–Trinajstić information content (AvgIpc) is 2.82. The van der Waals surface area contributed by atoms with Crippen molar-refractivity contribution in [3.05, 3.63) is 137 Å². The van der Waals surface area contributed by atoms with E-state index in [-0.39, 0.29) is 0 Å². The monoisotopic (exact) mass is 388 g/mol. The SMILES string of the molecule is CC(C)c1ccccc1C(c1ccccc1)(c1ccccc1)c1ccc(C#N)nc1. The summed E-state index contributed by atoms with van der Waals surface area (Å²) in [5.41, 5.74) is 5.83. The second-order valence-electron chi connectivity index (χ2n) is 7.77. The minimum atomic E-state index is -0.537. The number of aromatic nitrogens is 1. The van der Waals surface area contributed by atoms with Crippen molar-refractivity contribution in [1.29, 1.82) is 5.26 Å². The van der Waals surface area contributed by atoms with Crippen LogP contribution < -0.4 is 0 Å². The fourth-order valence-corrected chi connectivity index (χ4v) is 4.37. The van der Waals surface area contributed by atoms with Crippen LogP contribution in [0.2, 0.25) is 0 Å². The molecule has 30 heavy (non-hydrogen) atoms. The van der Waals surface area contributed by atoms with E-state index in [9.17, 15) is 5.26 Å². The second-order valence-corrected chi connectivity index (χ2v) is 7.77. The number of nitriles is 1. The second kappa shape index (κ2) is 8.35. The van der Waals surface area contributed by atoms with Gasteiger partial charge in [-0.1, -0.05) is 105 Å². The highest BCUT2D eigenvalue weighted by Gasteiger charge is 2.40. The summed E-state index contributed by atoms with van der Waals surface area (Å²) in [4.78, 5) is 4.45. The molecule has 0 amide bonds. The predicted molar refractivity (Wildman–Crippen MR) is 121 cm³/mol. The number of nitrogens with zero attached hydrogens (tertiary/aromatic N) is 2.